The highest BCUT2D eigenvalue weighted by molar-refractivity contribution is 8.03. The van der Waals surface area contributed by atoms with Crippen molar-refractivity contribution in [2.75, 3.05) is 5.32 Å². The summed E-state index contributed by atoms with van der Waals surface area (Å²) >= 11 is 1.08. The number of aromatic amines is 1. The Labute approximate surface area is 108 Å². The molecule has 0 fully saturated rings. The topological polar surface area (TPSA) is 81.6 Å². The van der Waals surface area contributed by atoms with Crippen molar-refractivity contribution in [1.29, 1.82) is 5.26 Å². The van der Waals surface area contributed by atoms with Crippen LogP contribution in [0.1, 0.15) is 16.2 Å². The summed E-state index contributed by atoms with van der Waals surface area (Å²) in [6.45, 7) is 1.83. The van der Waals surface area contributed by atoms with Crippen LogP contribution >= 0.6 is 11.8 Å². The Balaban J connectivity index is 2.05. The van der Waals surface area contributed by atoms with E-state index in [4.69, 9.17) is 5.26 Å². The molecule has 2 N–H and O–H groups in total. The third-order valence-corrected chi connectivity index (χ3v) is 2.81. The van der Waals surface area contributed by atoms with E-state index in [0.717, 1.165) is 22.4 Å². The van der Waals surface area contributed by atoms with Gasteiger partial charge in [0.2, 0.25) is 0 Å². The molecular formula is C12H10N4OS. The van der Waals surface area contributed by atoms with Crippen LogP contribution < -0.4 is 5.32 Å². The predicted octanol–water partition coefficient (Wildman–Crippen LogP) is 2.54. The maximum Gasteiger partial charge on any atom is 0.276 e. The van der Waals surface area contributed by atoms with E-state index in [9.17, 15) is 4.79 Å². The van der Waals surface area contributed by atoms with Gasteiger partial charge in [-0.3, -0.25) is 9.89 Å². The second kappa shape index (κ2) is 5.38. The average Bonchev–Trinajstić information content (AvgIpc) is 2.79. The molecule has 1 amide bonds. The molecule has 90 valence electrons. The van der Waals surface area contributed by atoms with Crippen LogP contribution in [0, 0.1) is 17.6 Å². The maximum absolute atomic E-state index is 11.8. The van der Waals surface area contributed by atoms with Gasteiger partial charge in [0.1, 0.15) is 5.40 Å². The van der Waals surface area contributed by atoms with E-state index in [1.54, 1.807) is 30.3 Å². The normalized spacial score (nSPS) is 9.78. The zero-order chi connectivity index (χ0) is 13.0. The van der Waals surface area contributed by atoms with E-state index in [-0.39, 0.29) is 5.91 Å². The highest BCUT2D eigenvalue weighted by Gasteiger charge is 2.09. The molecule has 0 unspecified atom stereocenters. The van der Waals surface area contributed by atoms with E-state index < -0.39 is 0 Å². The zero-order valence-electron chi connectivity index (χ0n) is 9.60. The van der Waals surface area contributed by atoms with Gasteiger partial charge in [-0.05, 0) is 49.0 Å². The maximum atomic E-state index is 11.8. The molecule has 0 aliphatic rings. The van der Waals surface area contributed by atoms with Crippen LogP contribution in [0.25, 0.3) is 0 Å². The van der Waals surface area contributed by atoms with Gasteiger partial charge < -0.3 is 5.32 Å². The number of amides is 1. The zero-order valence-corrected chi connectivity index (χ0v) is 10.4. The lowest BCUT2D eigenvalue weighted by atomic mass is 10.3. The highest BCUT2D eigenvalue weighted by Crippen LogP contribution is 2.19. The van der Waals surface area contributed by atoms with Gasteiger partial charge in [-0.15, -0.1) is 0 Å². The quantitative estimate of drug-likeness (QED) is 0.654. The summed E-state index contributed by atoms with van der Waals surface area (Å²) in [5, 5.41) is 19.8. The summed E-state index contributed by atoms with van der Waals surface area (Å²) in [6, 6.07) is 8.72. The lowest BCUT2D eigenvalue weighted by molar-refractivity contribution is 0.102. The number of H-pyrrole nitrogens is 1. The number of anilines is 1. The summed E-state index contributed by atoms with van der Waals surface area (Å²) in [6.07, 6.45) is 0. The molecule has 0 aliphatic carbocycles. The van der Waals surface area contributed by atoms with E-state index in [1.165, 1.54) is 0 Å². The van der Waals surface area contributed by atoms with Crippen LogP contribution in [0.15, 0.2) is 35.2 Å². The first-order valence-electron chi connectivity index (χ1n) is 5.18. The minimum absolute atomic E-state index is 0.264. The second-order valence-electron chi connectivity index (χ2n) is 3.61. The van der Waals surface area contributed by atoms with Gasteiger partial charge in [-0.2, -0.15) is 10.4 Å². The van der Waals surface area contributed by atoms with Crippen LogP contribution in [0.5, 0.6) is 0 Å². The molecule has 2 aromatic rings. The Morgan fingerprint density at radius 1 is 1.44 bits per heavy atom. The van der Waals surface area contributed by atoms with Gasteiger partial charge >= 0.3 is 0 Å². The molecule has 0 bridgehead atoms. The lowest BCUT2D eigenvalue weighted by Crippen LogP contribution is -2.12. The summed E-state index contributed by atoms with van der Waals surface area (Å²) in [5.41, 5.74) is 1.85. The van der Waals surface area contributed by atoms with Crippen molar-refractivity contribution < 1.29 is 4.79 Å². The van der Waals surface area contributed by atoms with Crippen molar-refractivity contribution in [3.63, 3.8) is 0 Å². The number of aromatic nitrogens is 2. The van der Waals surface area contributed by atoms with Crippen molar-refractivity contribution in [3.8, 4) is 5.40 Å². The number of rotatable bonds is 3. The number of nitrogens with zero attached hydrogens (tertiary/aromatic N) is 2. The molecule has 0 saturated heterocycles. The number of carbonyl (C=O) groups excluding carboxylic acids is 1. The fraction of sp³-hybridized carbons (Fsp3) is 0.0833. The highest BCUT2D eigenvalue weighted by atomic mass is 32.2. The molecule has 6 heteroatoms. The summed E-state index contributed by atoms with van der Waals surface area (Å²) in [4.78, 5) is 12.6. The van der Waals surface area contributed by atoms with Crippen LogP contribution in [0.4, 0.5) is 5.69 Å². The number of hydrogen-bond donors (Lipinski definition) is 2. The Morgan fingerprint density at radius 2 is 2.17 bits per heavy atom. The largest absolute Gasteiger partial charge is 0.321 e. The molecule has 0 radical (unpaired) electrons. The minimum Gasteiger partial charge on any atom is -0.321 e. The first-order valence-corrected chi connectivity index (χ1v) is 6.00. The van der Waals surface area contributed by atoms with Crippen molar-refractivity contribution in [3.05, 3.63) is 41.7 Å². The van der Waals surface area contributed by atoms with E-state index in [2.05, 4.69) is 15.5 Å². The molecule has 1 aromatic heterocycles. The van der Waals surface area contributed by atoms with Crippen molar-refractivity contribution in [2.24, 2.45) is 0 Å². The standard InChI is InChI=1S/C12H10N4OS/c1-8-6-11(16-15-8)12(17)14-9-2-4-10(5-3-9)18-7-13/h2-6H,1H3,(H,14,17)(H,15,16). The van der Waals surface area contributed by atoms with Crippen LogP contribution in [0.2, 0.25) is 0 Å². The van der Waals surface area contributed by atoms with Gasteiger partial charge in [-0.25, -0.2) is 0 Å². The number of thioether (sulfide) groups is 1. The Kier molecular flexibility index (Phi) is 3.65. The first-order chi connectivity index (χ1) is 8.69. The lowest BCUT2D eigenvalue weighted by Gasteiger charge is -2.03. The number of aryl methyl sites for hydroxylation is 1. The third-order valence-electron chi connectivity index (χ3n) is 2.21. The molecular weight excluding hydrogens is 248 g/mol. The molecule has 5 nitrogen and oxygen atoms in total. The molecule has 0 aliphatic heterocycles. The van der Waals surface area contributed by atoms with Crippen molar-refractivity contribution in [1.82, 2.24) is 10.2 Å². The van der Waals surface area contributed by atoms with Gasteiger partial charge in [0.25, 0.3) is 5.91 Å². The van der Waals surface area contributed by atoms with E-state index in [0.29, 0.717) is 11.4 Å². The Hall–Kier alpha value is -2.26. The van der Waals surface area contributed by atoms with Crippen molar-refractivity contribution in [2.45, 2.75) is 11.8 Å². The van der Waals surface area contributed by atoms with Gasteiger partial charge in [0.05, 0.1) is 0 Å². The Morgan fingerprint density at radius 3 is 2.72 bits per heavy atom. The van der Waals surface area contributed by atoms with Crippen LogP contribution in [-0.2, 0) is 0 Å². The molecule has 0 spiro atoms. The smallest absolute Gasteiger partial charge is 0.276 e. The van der Waals surface area contributed by atoms with Crippen LogP contribution in [0.3, 0.4) is 0 Å². The third kappa shape index (κ3) is 2.90. The minimum atomic E-state index is -0.264. The summed E-state index contributed by atoms with van der Waals surface area (Å²) in [5.74, 6) is -0.264. The number of hydrogen-bond acceptors (Lipinski definition) is 4. The summed E-state index contributed by atoms with van der Waals surface area (Å²) < 4.78 is 0. The molecule has 0 saturated carbocycles. The predicted molar refractivity (Wildman–Crippen MR) is 69.2 cm³/mol. The van der Waals surface area contributed by atoms with Crippen molar-refractivity contribution >= 4 is 23.4 Å². The molecule has 0 atom stereocenters. The molecule has 2 rings (SSSR count). The SMILES string of the molecule is Cc1cc(C(=O)Nc2ccc(SC#N)cc2)n[nH]1. The molecule has 1 aromatic carbocycles. The fourth-order valence-electron chi connectivity index (χ4n) is 1.39. The number of nitriles is 1. The van der Waals surface area contributed by atoms with Gasteiger partial charge in [0.15, 0.2) is 5.69 Å². The fourth-order valence-corrected chi connectivity index (χ4v) is 1.77. The van der Waals surface area contributed by atoms with E-state index in [1.807, 2.05) is 12.3 Å². The van der Waals surface area contributed by atoms with Gasteiger partial charge in [0, 0.05) is 16.3 Å². The van der Waals surface area contributed by atoms with Crippen LogP contribution in [-0.4, -0.2) is 16.1 Å². The second-order valence-corrected chi connectivity index (χ2v) is 4.47. The first kappa shape index (κ1) is 12.2. The summed E-state index contributed by atoms with van der Waals surface area (Å²) in [7, 11) is 0. The monoisotopic (exact) mass is 258 g/mol. The molecule has 1 heterocycles. The molecule has 18 heavy (non-hydrogen) atoms. The number of nitrogens with one attached hydrogen (secondary N) is 2. The average molecular weight is 258 g/mol. The van der Waals surface area contributed by atoms with E-state index >= 15 is 0 Å². The number of benzene rings is 1. The van der Waals surface area contributed by atoms with Gasteiger partial charge in [-0.1, -0.05) is 0 Å². The number of carbonyl (C=O) groups is 1. The number of thiocyanates is 1. The Bertz CT molecular complexity index is 597.